The molecular weight excluding hydrogens is 336 g/mol. The molecular formula is C19H24N2OS2. The molecule has 128 valence electrons. The summed E-state index contributed by atoms with van der Waals surface area (Å²) in [5.74, 6) is 0.462. The maximum atomic E-state index is 11.2. The first-order chi connectivity index (χ1) is 11.3. The van der Waals surface area contributed by atoms with Crippen molar-refractivity contribution in [2.45, 2.75) is 51.5 Å². The standard InChI is InChI=1S/C19H24N2OS2/c1-11(2)16-10-23-18(20-16)15-9-7-6-8-14(15)17-19(22,12(3)4)21-13(5)24-17/h6-12,17,22H,1-5H3. The Labute approximate surface area is 152 Å². The quantitative estimate of drug-likeness (QED) is 0.785. The van der Waals surface area contributed by atoms with Crippen molar-refractivity contribution in [3.63, 3.8) is 0 Å². The lowest BCUT2D eigenvalue weighted by Crippen LogP contribution is -2.36. The normalized spacial score (nSPS) is 24.0. The van der Waals surface area contributed by atoms with Gasteiger partial charge in [-0.3, -0.25) is 0 Å². The summed E-state index contributed by atoms with van der Waals surface area (Å²) in [5.41, 5.74) is 2.28. The number of thiazole rings is 1. The summed E-state index contributed by atoms with van der Waals surface area (Å²) >= 11 is 3.33. The number of nitrogens with zero attached hydrogens (tertiary/aromatic N) is 2. The van der Waals surface area contributed by atoms with Crippen molar-refractivity contribution in [3.05, 3.63) is 40.9 Å². The third-order valence-electron chi connectivity index (χ3n) is 4.45. The lowest BCUT2D eigenvalue weighted by Gasteiger charge is -2.31. The molecule has 0 bridgehead atoms. The molecule has 1 aliphatic heterocycles. The van der Waals surface area contributed by atoms with Gasteiger partial charge in [0.2, 0.25) is 0 Å². The van der Waals surface area contributed by atoms with E-state index < -0.39 is 5.72 Å². The highest BCUT2D eigenvalue weighted by molar-refractivity contribution is 8.14. The molecule has 0 fully saturated rings. The van der Waals surface area contributed by atoms with Crippen LogP contribution in [0.25, 0.3) is 10.6 Å². The van der Waals surface area contributed by atoms with Crippen molar-refractivity contribution >= 4 is 28.1 Å². The second-order valence-corrected chi connectivity index (χ2v) is 9.04. The van der Waals surface area contributed by atoms with Gasteiger partial charge in [0.1, 0.15) is 5.01 Å². The fourth-order valence-corrected chi connectivity index (χ4v) is 5.31. The van der Waals surface area contributed by atoms with Gasteiger partial charge < -0.3 is 5.11 Å². The number of hydrogen-bond donors (Lipinski definition) is 1. The van der Waals surface area contributed by atoms with Crippen molar-refractivity contribution in [1.82, 2.24) is 4.98 Å². The first-order valence-corrected chi connectivity index (χ1v) is 10.1. The zero-order valence-corrected chi connectivity index (χ0v) is 16.4. The fourth-order valence-electron chi connectivity index (χ4n) is 2.91. The van der Waals surface area contributed by atoms with Crippen LogP contribution in [0, 0.1) is 5.92 Å². The summed E-state index contributed by atoms with van der Waals surface area (Å²) < 4.78 is 0. The maximum absolute atomic E-state index is 11.2. The van der Waals surface area contributed by atoms with E-state index in [0.29, 0.717) is 5.92 Å². The van der Waals surface area contributed by atoms with Crippen LogP contribution in [-0.4, -0.2) is 20.9 Å². The molecule has 2 unspecified atom stereocenters. The van der Waals surface area contributed by atoms with Crippen LogP contribution >= 0.6 is 23.1 Å². The number of rotatable bonds is 4. The van der Waals surface area contributed by atoms with Crippen LogP contribution in [-0.2, 0) is 0 Å². The average Bonchev–Trinajstić information content (AvgIpc) is 3.13. The van der Waals surface area contributed by atoms with E-state index >= 15 is 0 Å². The van der Waals surface area contributed by atoms with E-state index in [1.807, 2.05) is 32.9 Å². The van der Waals surface area contributed by atoms with E-state index in [0.717, 1.165) is 26.9 Å². The molecule has 1 aliphatic rings. The average molecular weight is 361 g/mol. The predicted octanol–water partition coefficient (Wildman–Crippen LogP) is 5.48. The van der Waals surface area contributed by atoms with Gasteiger partial charge in [-0.25, -0.2) is 9.98 Å². The number of hydrogen-bond acceptors (Lipinski definition) is 5. The summed E-state index contributed by atoms with van der Waals surface area (Å²) in [4.78, 5) is 9.38. The second kappa shape index (κ2) is 6.62. The number of benzene rings is 1. The Kier molecular flexibility index (Phi) is 4.87. The molecule has 0 amide bonds. The smallest absolute Gasteiger partial charge is 0.175 e. The molecule has 5 heteroatoms. The minimum Gasteiger partial charge on any atom is -0.368 e. The highest BCUT2D eigenvalue weighted by atomic mass is 32.2. The summed E-state index contributed by atoms with van der Waals surface area (Å²) in [5, 5.41) is 15.2. The third-order valence-corrected chi connectivity index (χ3v) is 6.61. The van der Waals surface area contributed by atoms with Gasteiger partial charge in [0.05, 0.1) is 16.0 Å². The topological polar surface area (TPSA) is 45.5 Å². The monoisotopic (exact) mass is 360 g/mol. The number of aliphatic imine (C=N–C) groups is 1. The van der Waals surface area contributed by atoms with Gasteiger partial charge in [0.15, 0.2) is 5.72 Å². The Balaban J connectivity index is 2.07. The van der Waals surface area contributed by atoms with Gasteiger partial charge in [-0.2, -0.15) is 0 Å². The van der Waals surface area contributed by atoms with Gasteiger partial charge in [-0.1, -0.05) is 63.7 Å². The summed E-state index contributed by atoms with van der Waals surface area (Å²) in [7, 11) is 0. The van der Waals surface area contributed by atoms with E-state index in [1.165, 1.54) is 0 Å². The molecule has 0 aliphatic carbocycles. The van der Waals surface area contributed by atoms with Crippen LogP contribution in [0.2, 0.25) is 0 Å². The molecule has 2 aromatic rings. The molecule has 1 aromatic heterocycles. The van der Waals surface area contributed by atoms with Gasteiger partial charge in [0, 0.05) is 16.9 Å². The molecule has 24 heavy (non-hydrogen) atoms. The first kappa shape index (κ1) is 17.6. The summed E-state index contributed by atoms with van der Waals surface area (Å²) in [6.07, 6.45) is 0. The third kappa shape index (κ3) is 3.05. The Hall–Kier alpha value is -1.17. The van der Waals surface area contributed by atoms with Gasteiger partial charge in [-0.15, -0.1) is 11.3 Å². The van der Waals surface area contributed by atoms with Crippen molar-refractivity contribution in [1.29, 1.82) is 0 Å². The molecule has 0 saturated heterocycles. The van der Waals surface area contributed by atoms with E-state index in [1.54, 1.807) is 23.1 Å². The Bertz CT molecular complexity index is 766. The Morgan fingerprint density at radius 1 is 1.17 bits per heavy atom. The minimum absolute atomic E-state index is 0.0445. The zero-order valence-electron chi connectivity index (χ0n) is 14.8. The highest BCUT2D eigenvalue weighted by Gasteiger charge is 2.46. The van der Waals surface area contributed by atoms with Crippen LogP contribution in [0.4, 0.5) is 0 Å². The van der Waals surface area contributed by atoms with E-state index in [-0.39, 0.29) is 11.2 Å². The Morgan fingerprint density at radius 2 is 1.88 bits per heavy atom. The van der Waals surface area contributed by atoms with E-state index in [2.05, 4.69) is 36.4 Å². The SMILES string of the molecule is CC1=NC(O)(C(C)C)C(c2ccccc2-c2nc(C(C)C)cs2)S1. The summed E-state index contributed by atoms with van der Waals surface area (Å²) in [6, 6.07) is 8.28. The van der Waals surface area contributed by atoms with Crippen molar-refractivity contribution < 1.29 is 5.11 Å². The second-order valence-electron chi connectivity index (χ2n) is 6.89. The van der Waals surface area contributed by atoms with Crippen LogP contribution in [0.3, 0.4) is 0 Å². The number of thioether (sulfide) groups is 1. The summed E-state index contributed by atoms with van der Waals surface area (Å²) in [6.45, 7) is 10.3. The van der Waals surface area contributed by atoms with Crippen molar-refractivity contribution in [2.24, 2.45) is 10.9 Å². The first-order valence-electron chi connectivity index (χ1n) is 8.33. The molecule has 0 saturated carbocycles. The number of aliphatic hydroxyl groups is 1. The van der Waals surface area contributed by atoms with Crippen molar-refractivity contribution in [2.75, 3.05) is 0 Å². The van der Waals surface area contributed by atoms with Crippen LogP contribution in [0.1, 0.15) is 57.0 Å². The van der Waals surface area contributed by atoms with Crippen LogP contribution in [0.15, 0.2) is 34.6 Å². The maximum Gasteiger partial charge on any atom is 0.175 e. The number of aromatic nitrogens is 1. The van der Waals surface area contributed by atoms with Gasteiger partial charge in [-0.05, 0) is 18.4 Å². The molecule has 2 atom stereocenters. The molecule has 0 radical (unpaired) electrons. The highest BCUT2D eigenvalue weighted by Crippen LogP contribution is 2.51. The van der Waals surface area contributed by atoms with Crippen molar-refractivity contribution in [3.8, 4) is 10.6 Å². The van der Waals surface area contributed by atoms with E-state index in [4.69, 9.17) is 4.98 Å². The lowest BCUT2D eigenvalue weighted by atomic mass is 9.90. The lowest BCUT2D eigenvalue weighted by molar-refractivity contribution is 0.00437. The van der Waals surface area contributed by atoms with Crippen LogP contribution in [0.5, 0.6) is 0 Å². The van der Waals surface area contributed by atoms with E-state index in [9.17, 15) is 5.11 Å². The molecule has 3 nitrogen and oxygen atoms in total. The molecule has 1 aromatic carbocycles. The Morgan fingerprint density at radius 3 is 2.50 bits per heavy atom. The van der Waals surface area contributed by atoms with Gasteiger partial charge >= 0.3 is 0 Å². The largest absolute Gasteiger partial charge is 0.368 e. The zero-order chi connectivity index (χ0) is 17.5. The fraction of sp³-hybridized carbons (Fsp3) is 0.474. The van der Waals surface area contributed by atoms with Crippen LogP contribution < -0.4 is 0 Å². The molecule has 2 heterocycles. The predicted molar refractivity (Wildman–Crippen MR) is 105 cm³/mol. The molecule has 3 rings (SSSR count). The molecule has 1 N–H and O–H groups in total. The minimum atomic E-state index is -1.07. The van der Waals surface area contributed by atoms with Gasteiger partial charge in [0.25, 0.3) is 0 Å². The molecule has 0 spiro atoms.